The second kappa shape index (κ2) is 13.6. The van der Waals surface area contributed by atoms with Crippen molar-refractivity contribution in [2.45, 2.75) is 26.2 Å². The lowest BCUT2D eigenvalue weighted by atomic mass is 10.0. The maximum atomic E-state index is 11.4. The number of hydrogen-bond donors (Lipinski definition) is 0. The average molecular weight is 440 g/mol. The van der Waals surface area contributed by atoms with Crippen molar-refractivity contribution in [3.05, 3.63) is 72.3 Å². The molecule has 0 aliphatic carbocycles. The molecule has 2 aromatic rings. The van der Waals surface area contributed by atoms with Crippen molar-refractivity contribution in [1.82, 2.24) is 0 Å². The minimum atomic E-state index is -0.468. The van der Waals surface area contributed by atoms with E-state index in [0.29, 0.717) is 11.5 Å². The van der Waals surface area contributed by atoms with Crippen molar-refractivity contribution in [3.63, 3.8) is 0 Å². The molecule has 7 heteroatoms. The summed E-state index contributed by atoms with van der Waals surface area (Å²) in [6.07, 6.45) is 2.17. The largest absolute Gasteiger partial charge is 0.490 e. The van der Waals surface area contributed by atoms with E-state index in [9.17, 15) is 14.4 Å². The molecule has 0 radical (unpaired) electrons. The Labute approximate surface area is 187 Å². The number of carbonyl (C=O) groups excluding carboxylic acids is 3. The Bertz CT molecular complexity index is 886. The molecule has 0 spiro atoms. The summed E-state index contributed by atoms with van der Waals surface area (Å²) < 4.78 is 21.0. The molecule has 0 amide bonds. The topological polar surface area (TPSA) is 88.1 Å². The Morgan fingerprint density at radius 1 is 0.750 bits per heavy atom. The summed E-state index contributed by atoms with van der Waals surface area (Å²) in [5.41, 5.74) is 2.25. The first-order valence-corrected chi connectivity index (χ1v) is 10.3. The van der Waals surface area contributed by atoms with E-state index in [0.717, 1.165) is 23.6 Å². The van der Waals surface area contributed by atoms with Crippen molar-refractivity contribution in [2.24, 2.45) is 0 Å². The summed E-state index contributed by atoms with van der Waals surface area (Å²) in [6.45, 7) is 5.61. The maximum Gasteiger partial charge on any atom is 0.330 e. The van der Waals surface area contributed by atoms with E-state index in [1.165, 1.54) is 6.92 Å². The lowest BCUT2D eigenvalue weighted by Crippen LogP contribution is -2.12. The van der Waals surface area contributed by atoms with Crippen LogP contribution in [0, 0.1) is 0 Å². The monoisotopic (exact) mass is 440 g/mol. The molecule has 0 fully saturated rings. The zero-order valence-electron chi connectivity index (χ0n) is 18.2. The summed E-state index contributed by atoms with van der Waals surface area (Å²) >= 11 is 0. The van der Waals surface area contributed by atoms with Crippen LogP contribution in [0.5, 0.6) is 11.5 Å². The molecular formula is C25H28O7. The van der Waals surface area contributed by atoms with Gasteiger partial charge < -0.3 is 23.7 Å². The van der Waals surface area contributed by atoms with Gasteiger partial charge in [-0.25, -0.2) is 4.79 Å². The van der Waals surface area contributed by atoms with Crippen LogP contribution in [-0.4, -0.2) is 44.1 Å². The number of rotatable bonds is 14. The number of ketones is 1. The number of esters is 2. The van der Waals surface area contributed by atoms with Crippen molar-refractivity contribution >= 4 is 17.7 Å². The predicted octanol–water partition coefficient (Wildman–Crippen LogP) is 3.68. The van der Waals surface area contributed by atoms with E-state index in [2.05, 4.69) is 6.58 Å². The molecule has 0 N–H and O–H groups in total. The lowest BCUT2D eigenvalue weighted by Gasteiger charge is -2.09. The molecular weight excluding hydrogens is 412 g/mol. The predicted molar refractivity (Wildman–Crippen MR) is 119 cm³/mol. The average Bonchev–Trinajstić information content (AvgIpc) is 2.80. The molecule has 0 bridgehead atoms. The van der Waals surface area contributed by atoms with Crippen LogP contribution >= 0.6 is 0 Å². The molecule has 2 aromatic carbocycles. The molecule has 0 aliphatic heterocycles. The third-order valence-corrected chi connectivity index (χ3v) is 4.31. The second-order valence-electron chi connectivity index (χ2n) is 6.96. The van der Waals surface area contributed by atoms with Crippen LogP contribution in [0.4, 0.5) is 0 Å². The fourth-order valence-corrected chi connectivity index (χ4v) is 2.67. The van der Waals surface area contributed by atoms with Crippen LogP contribution in [0.3, 0.4) is 0 Å². The summed E-state index contributed by atoms with van der Waals surface area (Å²) in [6, 6.07) is 15.4. The quantitative estimate of drug-likeness (QED) is 0.252. The van der Waals surface area contributed by atoms with Gasteiger partial charge in [0.25, 0.3) is 0 Å². The summed E-state index contributed by atoms with van der Waals surface area (Å²) in [7, 11) is 0. The molecule has 32 heavy (non-hydrogen) atoms. The van der Waals surface area contributed by atoms with Crippen molar-refractivity contribution in [2.75, 3.05) is 26.4 Å². The number of carbonyl (C=O) groups is 3. The van der Waals surface area contributed by atoms with Crippen LogP contribution in [0.15, 0.2) is 61.2 Å². The van der Waals surface area contributed by atoms with Crippen LogP contribution in [0.25, 0.3) is 0 Å². The first kappa shape index (κ1) is 24.7. The smallest absolute Gasteiger partial charge is 0.330 e. The van der Waals surface area contributed by atoms with E-state index in [1.54, 1.807) is 0 Å². The van der Waals surface area contributed by atoms with Gasteiger partial charge in [0, 0.05) is 12.5 Å². The van der Waals surface area contributed by atoms with E-state index in [-0.39, 0.29) is 45.1 Å². The molecule has 0 unspecified atom stereocenters. The van der Waals surface area contributed by atoms with Crippen LogP contribution < -0.4 is 9.47 Å². The third kappa shape index (κ3) is 9.93. The molecule has 0 saturated heterocycles. The summed E-state index contributed by atoms with van der Waals surface area (Å²) in [4.78, 5) is 33.2. The molecule has 0 heterocycles. The van der Waals surface area contributed by atoms with Gasteiger partial charge in [0.05, 0.1) is 6.42 Å². The lowest BCUT2D eigenvalue weighted by molar-refractivity contribution is -0.145. The molecule has 2 rings (SSSR count). The van der Waals surface area contributed by atoms with Gasteiger partial charge in [0.1, 0.15) is 43.7 Å². The summed E-state index contributed by atoms with van der Waals surface area (Å²) in [5, 5.41) is 0. The zero-order valence-corrected chi connectivity index (χ0v) is 18.2. The fourth-order valence-electron chi connectivity index (χ4n) is 2.67. The maximum absolute atomic E-state index is 11.4. The molecule has 170 valence electrons. The highest BCUT2D eigenvalue weighted by molar-refractivity contribution is 5.81. The highest BCUT2D eigenvalue weighted by atomic mass is 16.6. The second-order valence-corrected chi connectivity index (χ2v) is 6.96. The highest BCUT2D eigenvalue weighted by Gasteiger charge is 2.05. The molecule has 0 aliphatic rings. The number of Topliss-reactive ketones (excluding diaryl/α,β-unsaturated/α-hetero) is 1. The number of hydrogen-bond acceptors (Lipinski definition) is 7. The first-order chi connectivity index (χ1) is 15.5. The molecule has 0 saturated carbocycles. The molecule has 0 atom stereocenters. The van der Waals surface area contributed by atoms with Crippen LogP contribution in [-0.2, 0) is 30.3 Å². The fraction of sp³-hybridized carbons (Fsp3) is 0.320. The molecule has 0 aromatic heterocycles. The highest BCUT2D eigenvalue weighted by Crippen LogP contribution is 2.18. The standard InChI is InChI=1S/C25H28O7/c1-3-24(27)31-16-14-29-22-9-5-20(6-10-22)18-21-7-11-23(12-8-21)30-15-17-32-25(28)13-4-19(2)26/h3,5-12H,1,4,13-18H2,2H3. The van der Waals surface area contributed by atoms with Gasteiger partial charge in [-0.1, -0.05) is 30.8 Å². The van der Waals surface area contributed by atoms with Crippen LogP contribution in [0.2, 0.25) is 0 Å². The van der Waals surface area contributed by atoms with E-state index < -0.39 is 11.9 Å². The molecule has 7 nitrogen and oxygen atoms in total. The SMILES string of the molecule is C=CC(=O)OCCOc1ccc(Cc2ccc(OCCOC(=O)CCC(C)=O)cc2)cc1. The minimum Gasteiger partial charge on any atom is -0.490 e. The van der Waals surface area contributed by atoms with Crippen molar-refractivity contribution in [1.29, 1.82) is 0 Å². The number of benzene rings is 2. The van der Waals surface area contributed by atoms with Gasteiger partial charge in [-0.15, -0.1) is 0 Å². The van der Waals surface area contributed by atoms with Crippen molar-refractivity contribution in [3.8, 4) is 11.5 Å². The van der Waals surface area contributed by atoms with Crippen LogP contribution in [0.1, 0.15) is 30.9 Å². The Balaban J connectivity index is 1.68. The first-order valence-electron chi connectivity index (χ1n) is 10.3. The Kier molecular flexibility index (Phi) is 10.5. The normalized spacial score (nSPS) is 10.2. The van der Waals surface area contributed by atoms with Gasteiger partial charge in [-0.2, -0.15) is 0 Å². The van der Waals surface area contributed by atoms with Crippen molar-refractivity contribution < 1.29 is 33.3 Å². The van der Waals surface area contributed by atoms with Gasteiger partial charge in [0.15, 0.2) is 0 Å². The summed E-state index contributed by atoms with van der Waals surface area (Å²) in [5.74, 6) is 0.492. The van der Waals surface area contributed by atoms with Gasteiger partial charge in [-0.05, 0) is 48.7 Å². The number of ether oxygens (including phenoxy) is 4. The van der Waals surface area contributed by atoms with Gasteiger partial charge in [-0.3, -0.25) is 4.79 Å². The minimum absolute atomic E-state index is 0.0358. The Morgan fingerprint density at radius 3 is 1.72 bits per heavy atom. The van der Waals surface area contributed by atoms with E-state index in [1.807, 2.05) is 48.5 Å². The van der Waals surface area contributed by atoms with E-state index in [4.69, 9.17) is 18.9 Å². The zero-order chi connectivity index (χ0) is 23.2. The Morgan fingerprint density at radius 2 is 1.25 bits per heavy atom. The third-order valence-electron chi connectivity index (χ3n) is 4.31. The Hall–Kier alpha value is -3.61. The van der Waals surface area contributed by atoms with Gasteiger partial charge >= 0.3 is 11.9 Å². The van der Waals surface area contributed by atoms with Gasteiger partial charge in [0.2, 0.25) is 0 Å². The van der Waals surface area contributed by atoms with E-state index >= 15 is 0 Å².